The summed E-state index contributed by atoms with van der Waals surface area (Å²) in [6.07, 6.45) is 0. The topological polar surface area (TPSA) is 87.6 Å². The molecule has 6 heteroatoms. The summed E-state index contributed by atoms with van der Waals surface area (Å²) in [4.78, 5) is 7.58. The number of aromatic nitrogens is 2. The van der Waals surface area contributed by atoms with Crippen LogP contribution in [0.2, 0.25) is 5.15 Å². The Morgan fingerprint density at radius 3 is 2.64 bits per heavy atom. The second-order valence-electron chi connectivity index (χ2n) is 3.01. The van der Waals surface area contributed by atoms with Crippen LogP contribution in [0.5, 0.6) is 0 Å². The fourth-order valence-electron chi connectivity index (χ4n) is 0.927. The number of nitrogens with one attached hydrogen (secondary N) is 1. The van der Waals surface area contributed by atoms with Gasteiger partial charge in [-0.2, -0.15) is 15.2 Å². The first kappa shape index (κ1) is 10.5. The smallest absolute Gasteiger partial charge is 0.223 e. The normalized spacial score (nSPS) is 9.93. The predicted octanol–water partition coefficient (Wildman–Crippen LogP) is 1.40. The van der Waals surface area contributed by atoms with Crippen molar-refractivity contribution in [2.45, 2.75) is 19.9 Å². The maximum Gasteiger partial charge on any atom is 0.223 e. The van der Waals surface area contributed by atoms with Crippen molar-refractivity contribution in [3.8, 4) is 6.07 Å². The van der Waals surface area contributed by atoms with Crippen LogP contribution >= 0.6 is 11.6 Å². The Morgan fingerprint density at radius 2 is 2.14 bits per heavy atom. The lowest BCUT2D eigenvalue weighted by Crippen LogP contribution is -2.14. The zero-order valence-corrected chi connectivity index (χ0v) is 8.63. The highest BCUT2D eigenvalue weighted by Gasteiger charge is 2.11. The van der Waals surface area contributed by atoms with Gasteiger partial charge in [-0.3, -0.25) is 0 Å². The van der Waals surface area contributed by atoms with E-state index in [0.717, 1.165) is 0 Å². The molecule has 74 valence electrons. The van der Waals surface area contributed by atoms with E-state index in [1.54, 1.807) is 0 Å². The van der Waals surface area contributed by atoms with Gasteiger partial charge in [-0.05, 0) is 13.8 Å². The molecule has 3 N–H and O–H groups in total. The molecule has 0 radical (unpaired) electrons. The monoisotopic (exact) mass is 211 g/mol. The molecular weight excluding hydrogens is 202 g/mol. The van der Waals surface area contributed by atoms with E-state index in [-0.39, 0.29) is 22.7 Å². The molecular formula is C8H10ClN5. The molecule has 0 aromatic carbocycles. The molecule has 0 saturated carbocycles. The summed E-state index contributed by atoms with van der Waals surface area (Å²) in [5, 5.41) is 11.8. The molecule has 0 unspecified atom stereocenters. The van der Waals surface area contributed by atoms with Gasteiger partial charge in [-0.1, -0.05) is 11.6 Å². The molecule has 14 heavy (non-hydrogen) atoms. The molecule has 0 bridgehead atoms. The summed E-state index contributed by atoms with van der Waals surface area (Å²) in [5.41, 5.74) is 5.62. The summed E-state index contributed by atoms with van der Waals surface area (Å²) in [7, 11) is 0. The van der Waals surface area contributed by atoms with Gasteiger partial charge in [0.25, 0.3) is 0 Å². The van der Waals surface area contributed by atoms with Crippen LogP contribution in [0.1, 0.15) is 19.4 Å². The largest absolute Gasteiger partial charge is 0.368 e. The minimum atomic E-state index is 0.0529. The standard InChI is InChI=1S/C8H10ClN5/c1-4(2)12-7-5(3-10)6(9)13-8(11)14-7/h4H,1-2H3,(H3,11,12,13,14). The molecule has 0 spiro atoms. The van der Waals surface area contributed by atoms with Crippen LogP contribution in [-0.2, 0) is 0 Å². The molecule has 0 aliphatic carbocycles. The van der Waals surface area contributed by atoms with Gasteiger partial charge in [0.05, 0.1) is 0 Å². The number of halogens is 1. The van der Waals surface area contributed by atoms with Crippen molar-refractivity contribution in [2.75, 3.05) is 11.1 Å². The number of nitriles is 1. The summed E-state index contributed by atoms with van der Waals surface area (Å²) >= 11 is 5.72. The van der Waals surface area contributed by atoms with Crippen molar-refractivity contribution in [3.05, 3.63) is 10.7 Å². The van der Waals surface area contributed by atoms with Gasteiger partial charge in [0, 0.05) is 6.04 Å². The van der Waals surface area contributed by atoms with Crippen LogP contribution in [0.4, 0.5) is 11.8 Å². The van der Waals surface area contributed by atoms with Crippen molar-refractivity contribution >= 4 is 23.4 Å². The number of hydrogen-bond donors (Lipinski definition) is 2. The van der Waals surface area contributed by atoms with Gasteiger partial charge in [-0.25, -0.2) is 0 Å². The zero-order chi connectivity index (χ0) is 10.7. The van der Waals surface area contributed by atoms with Crippen molar-refractivity contribution < 1.29 is 0 Å². The third kappa shape index (κ3) is 2.24. The highest BCUT2D eigenvalue weighted by molar-refractivity contribution is 6.31. The Labute approximate surface area is 86.9 Å². The van der Waals surface area contributed by atoms with Gasteiger partial charge in [-0.15, -0.1) is 0 Å². The molecule has 1 aromatic rings. The van der Waals surface area contributed by atoms with Crippen LogP contribution in [0.3, 0.4) is 0 Å². The number of nitrogens with two attached hydrogens (primary N) is 1. The minimum Gasteiger partial charge on any atom is -0.368 e. The highest BCUT2D eigenvalue weighted by Crippen LogP contribution is 2.21. The number of nitrogen functional groups attached to an aromatic ring is 1. The molecule has 1 aromatic heterocycles. The molecule has 1 rings (SSSR count). The summed E-state index contributed by atoms with van der Waals surface area (Å²) in [6.45, 7) is 3.85. The van der Waals surface area contributed by atoms with E-state index >= 15 is 0 Å². The number of nitrogens with zero attached hydrogens (tertiary/aromatic N) is 3. The van der Waals surface area contributed by atoms with E-state index in [1.807, 2.05) is 19.9 Å². The van der Waals surface area contributed by atoms with Crippen LogP contribution < -0.4 is 11.1 Å². The van der Waals surface area contributed by atoms with E-state index in [0.29, 0.717) is 5.82 Å². The quantitative estimate of drug-likeness (QED) is 0.722. The summed E-state index contributed by atoms with van der Waals surface area (Å²) < 4.78 is 0. The first-order chi connectivity index (χ1) is 6.54. The van der Waals surface area contributed by atoms with Crippen LogP contribution in [0, 0.1) is 11.3 Å². The van der Waals surface area contributed by atoms with E-state index in [1.165, 1.54) is 0 Å². The number of rotatable bonds is 2. The third-order valence-corrected chi connectivity index (χ3v) is 1.69. The van der Waals surface area contributed by atoms with Gasteiger partial charge in [0.15, 0.2) is 11.0 Å². The lowest BCUT2D eigenvalue weighted by molar-refractivity contribution is 0.886. The van der Waals surface area contributed by atoms with E-state index in [4.69, 9.17) is 22.6 Å². The van der Waals surface area contributed by atoms with Crippen LogP contribution in [-0.4, -0.2) is 16.0 Å². The Hall–Kier alpha value is -1.54. The van der Waals surface area contributed by atoms with Gasteiger partial charge >= 0.3 is 0 Å². The SMILES string of the molecule is CC(C)Nc1nc(N)nc(Cl)c1C#N. The van der Waals surface area contributed by atoms with Crippen molar-refractivity contribution in [1.82, 2.24) is 9.97 Å². The second kappa shape index (κ2) is 4.11. The van der Waals surface area contributed by atoms with E-state index < -0.39 is 0 Å². The molecule has 5 nitrogen and oxygen atoms in total. The lowest BCUT2D eigenvalue weighted by Gasteiger charge is -2.10. The number of hydrogen-bond acceptors (Lipinski definition) is 5. The van der Waals surface area contributed by atoms with Gasteiger partial charge in [0.2, 0.25) is 5.95 Å². The Kier molecular flexibility index (Phi) is 3.10. The second-order valence-corrected chi connectivity index (χ2v) is 3.37. The number of anilines is 2. The fraction of sp³-hybridized carbons (Fsp3) is 0.375. The molecule has 0 fully saturated rings. The maximum atomic E-state index is 8.81. The Bertz CT molecular complexity index is 382. The molecule has 1 heterocycles. The molecule has 0 amide bonds. The summed E-state index contributed by atoms with van der Waals surface area (Å²) in [6, 6.07) is 2.07. The first-order valence-corrected chi connectivity index (χ1v) is 4.42. The molecule has 0 aliphatic heterocycles. The van der Waals surface area contributed by atoms with Crippen molar-refractivity contribution in [3.63, 3.8) is 0 Å². The maximum absolute atomic E-state index is 8.81. The van der Waals surface area contributed by atoms with Crippen LogP contribution in [0.15, 0.2) is 0 Å². The van der Waals surface area contributed by atoms with Crippen LogP contribution in [0.25, 0.3) is 0 Å². The molecule has 0 aliphatic rings. The minimum absolute atomic E-state index is 0.0529. The Morgan fingerprint density at radius 1 is 1.50 bits per heavy atom. The average molecular weight is 212 g/mol. The van der Waals surface area contributed by atoms with E-state index in [2.05, 4.69) is 15.3 Å². The average Bonchev–Trinajstić information content (AvgIpc) is 2.01. The van der Waals surface area contributed by atoms with Gasteiger partial charge in [0.1, 0.15) is 11.6 Å². The van der Waals surface area contributed by atoms with E-state index in [9.17, 15) is 0 Å². The zero-order valence-electron chi connectivity index (χ0n) is 7.87. The molecule has 0 atom stereocenters. The summed E-state index contributed by atoms with van der Waals surface area (Å²) in [5.74, 6) is 0.428. The third-order valence-electron chi connectivity index (χ3n) is 1.42. The Balaban J connectivity index is 3.20. The fourth-order valence-corrected chi connectivity index (χ4v) is 1.14. The van der Waals surface area contributed by atoms with Gasteiger partial charge < -0.3 is 11.1 Å². The predicted molar refractivity (Wildman–Crippen MR) is 54.9 cm³/mol. The highest BCUT2D eigenvalue weighted by atomic mass is 35.5. The lowest BCUT2D eigenvalue weighted by atomic mass is 10.3. The van der Waals surface area contributed by atoms with Crippen molar-refractivity contribution in [2.24, 2.45) is 0 Å². The first-order valence-electron chi connectivity index (χ1n) is 4.04. The van der Waals surface area contributed by atoms with Crippen molar-refractivity contribution in [1.29, 1.82) is 5.26 Å². The molecule has 0 saturated heterocycles.